The Bertz CT molecular complexity index is 591. The van der Waals surface area contributed by atoms with E-state index in [9.17, 15) is 0 Å². The Kier molecular flexibility index (Phi) is 2.48. The van der Waals surface area contributed by atoms with Crippen molar-refractivity contribution in [3.8, 4) is 0 Å². The van der Waals surface area contributed by atoms with Gasteiger partial charge in [0.1, 0.15) is 12.1 Å². The molecular weight excluding hydrogens is 238 g/mol. The van der Waals surface area contributed by atoms with E-state index in [2.05, 4.69) is 39.4 Å². The highest BCUT2D eigenvalue weighted by Gasteiger charge is 2.35. The lowest BCUT2D eigenvalue weighted by molar-refractivity contribution is 0.340. The Labute approximate surface area is 112 Å². The van der Waals surface area contributed by atoms with Crippen LogP contribution in [0.2, 0.25) is 0 Å². The molecule has 19 heavy (non-hydrogen) atoms. The van der Waals surface area contributed by atoms with Crippen LogP contribution in [0.4, 0.5) is 5.82 Å². The molecule has 0 unspecified atom stereocenters. The zero-order valence-electron chi connectivity index (χ0n) is 11.2. The molecule has 1 N–H and O–H groups in total. The maximum atomic E-state index is 4.37. The van der Waals surface area contributed by atoms with Gasteiger partial charge < -0.3 is 10.2 Å². The van der Waals surface area contributed by atoms with Crippen molar-refractivity contribution in [1.82, 2.24) is 19.9 Å². The number of aryl methyl sites for hydroxylation is 1. The van der Waals surface area contributed by atoms with Crippen molar-refractivity contribution in [3.05, 3.63) is 24.0 Å². The molecule has 0 spiro atoms. The molecular formula is C14H19N5. The van der Waals surface area contributed by atoms with Gasteiger partial charge in [-0.15, -0.1) is 0 Å². The summed E-state index contributed by atoms with van der Waals surface area (Å²) in [6.07, 6.45) is 4.29. The first-order valence-corrected chi connectivity index (χ1v) is 7.10. The van der Waals surface area contributed by atoms with E-state index < -0.39 is 0 Å². The first-order valence-electron chi connectivity index (χ1n) is 7.10. The molecule has 5 heteroatoms. The Balaban J connectivity index is 1.72. The van der Waals surface area contributed by atoms with Crippen molar-refractivity contribution < 1.29 is 0 Å². The van der Waals surface area contributed by atoms with Gasteiger partial charge in [-0.05, 0) is 49.9 Å². The van der Waals surface area contributed by atoms with Gasteiger partial charge in [-0.3, -0.25) is 0 Å². The molecule has 4 rings (SSSR count). The highest BCUT2D eigenvalue weighted by molar-refractivity contribution is 5.53. The second kappa shape index (κ2) is 4.20. The quantitative estimate of drug-likeness (QED) is 0.834. The molecule has 2 aliphatic heterocycles. The molecule has 0 aromatic carbocycles. The molecule has 2 atom stereocenters. The molecule has 0 aliphatic carbocycles. The van der Waals surface area contributed by atoms with Crippen LogP contribution in [0.1, 0.15) is 18.4 Å². The topological polar surface area (TPSA) is 45.5 Å². The van der Waals surface area contributed by atoms with Crippen LogP contribution in [-0.2, 0) is 0 Å². The zero-order valence-corrected chi connectivity index (χ0v) is 11.2. The van der Waals surface area contributed by atoms with E-state index >= 15 is 0 Å². The average molecular weight is 257 g/mol. The van der Waals surface area contributed by atoms with Gasteiger partial charge in [0.25, 0.3) is 0 Å². The van der Waals surface area contributed by atoms with Crippen LogP contribution in [0.15, 0.2) is 18.5 Å². The minimum atomic E-state index is 0.646. The Morgan fingerprint density at radius 3 is 3.16 bits per heavy atom. The summed E-state index contributed by atoms with van der Waals surface area (Å²) >= 11 is 0. The summed E-state index contributed by atoms with van der Waals surface area (Å²) in [6.45, 7) is 5.51. The molecule has 2 aromatic heterocycles. The number of hydrogen-bond donors (Lipinski definition) is 1. The third-order valence-electron chi connectivity index (χ3n) is 4.43. The monoisotopic (exact) mass is 257 g/mol. The number of hydrogen-bond acceptors (Lipinski definition) is 4. The first-order chi connectivity index (χ1) is 9.31. The molecule has 0 saturated carbocycles. The minimum absolute atomic E-state index is 0.646. The third kappa shape index (κ3) is 1.80. The molecule has 5 nitrogen and oxygen atoms in total. The SMILES string of the molecule is Cc1cc(N2C[C@@H]3CCCN[C@@H]3C2)n2ncnc2c1. The lowest BCUT2D eigenvalue weighted by atomic mass is 9.94. The van der Waals surface area contributed by atoms with Crippen LogP contribution in [-0.4, -0.2) is 40.3 Å². The smallest absolute Gasteiger partial charge is 0.157 e. The number of fused-ring (bicyclic) bond motifs is 2. The number of aromatic nitrogens is 3. The zero-order chi connectivity index (χ0) is 12.8. The maximum absolute atomic E-state index is 4.37. The molecule has 0 amide bonds. The lowest BCUT2D eigenvalue weighted by Gasteiger charge is -2.24. The Morgan fingerprint density at radius 1 is 1.32 bits per heavy atom. The van der Waals surface area contributed by atoms with Crippen molar-refractivity contribution in [2.75, 3.05) is 24.5 Å². The van der Waals surface area contributed by atoms with E-state index in [-0.39, 0.29) is 0 Å². The summed E-state index contributed by atoms with van der Waals surface area (Å²) in [4.78, 5) is 6.77. The Morgan fingerprint density at radius 2 is 2.26 bits per heavy atom. The summed E-state index contributed by atoms with van der Waals surface area (Å²) in [5.74, 6) is 1.97. The van der Waals surface area contributed by atoms with Gasteiger partial charge in [-0.1, -0.05) is 0 Å². The summed E-state index contributed by atoms with van der Waals surface area (Å²) in [5.41, 5.74) is 2.19. The summed E-state index contributed by atoms with van der Waals surface area (Å²) in [7, 11) is 0. The summed E-state index contributed by atoms with van der Waals surface area (Å²) in [5, 5.41) is 8.02. The highest BCUT2D eigenvalue weighted by Crippen LogP contribution is 2.29. The van der Waals surface area contributed by atoms with Gasteiger partial charge in [-0.25, -0.2) is 4.98 Å². The molecule has 0 radical (unpaired) electrons. The van der Waals surface area contributed by atoms with Crippen LogP contribution in [0.3, 0.4) is 0 Å². The summed E-state index contributed by atoms with van der Waals surface area (Å²) < 4.78 is 1.96. The predicted octanol–water partition coefficient (Wildman–Crippen LogP) is 1.23. The van der Waals surface area contributed by atoms with Gasteiger partial charge in [0.15, 0.2) is 5.65 Å². The number of nitrogens with zero attached hydrogens (tertiary/aromatic N) is 4. The Hall–Kier alpha value is -1.62. The van der Waals surface area contributed by atoms with Crippen molar-refractivity contribution in [2.24, 2.45) is 5.92 Å². The standard InChI is InChI=1S/C14H19N5/c1-10-5-13-16-9-17-19(13)14(6-10)18-7-11-3-2-4-15-12(11)8-18/h5-6,9,11-12,15H,2-4,7-8H2,1H3/t11-,12+/m0/s1. The predicted molar refractivity (Wildman–Crippen MR) is 74.5 cm³/mol. The largest absolute Gasteiger partial charge is 0.355 e. The van der Waals surface area contributed by atoms with Crippen molar-refractivity contribution in [3.63, 3.8) is 0 Å². The second-order valence-electron chi connectivity index (χ2n) is 5.79. The van der Waals surface area contributed by atoms with E-state index in [1.807, 2.05) is 4.52 Å². The van der Waals surface area contributed by atoms with Crippen LogP contribution in [0.25, 0.3) is 5.65 Å². The fourth-order valence-electron chi connectivity index (χ4n) is 3.49. The number of piperidine rings is 1. The third-order valence-corrected chi connectivity index (χ3v) is 4.43. The molecule has 2 fully saturated rings. The summed E-state index contributed by atoms with van der Waals surface area (Å²) in [6, 6.07) is 4.95. The van der Waals surface area contributed by atoms with Crippen molar-refractivity contribution in [1.29, 1.82) is 0 Å². The number of anilines is 1. The first kappa shape index (κ1) is 11.2. The van der Waals surface area contributed by atoms with Crippen LogP contribution in [0, 0.1) is 12.8 Å². The maximum Gasteiger partial charge on any atom is 0.157 e. The highest BCUT2D eigenvalue weighted by atomic mass is 15.4. The van der Waals surface area contributed by atoms with E-state index in [1.165, 1.54) is 30.8 Å². The molecule has 2 saturated heterocycles. The normalized spacial score (nSPS) is 26.9. The molecule has 100 valence electrons. The van der Waals surface area contributed by atoms with Crippen LogP contribution >= 0.6 is 0 Å². The number of pyridine rings is 1. The van der Waals surface area contributed by atoms with Crippen LogP contribution in [0.5, 0.6) is 0 Å². The molecule has 2 aromatic rings. The van der Waals surface area contributed by atoms with Gasteiger partial charge >= 0.3 is 0 Å². The van der Waals surface area contributed by atoms with Gasteiger partial charge in [0, 0.05) is 19.1 Å². The van der Waals surface area contributed by atoms with Gasteiger partial charge in [0.2, 0.25) is 0 Å². The fourth-order valence-corrected chi connectivity index (χ4v) is 3.49. The lowest BCUT2D eigenvalue weighted by Crippen LogP contribution is -2.40. The van der Waals surface area contributed by atoms with Crippen molar-refractivity contribution in [2.45, 2.75) is 25.8 Å². The van der Waals surface area contributed by atoms with E-state index in [0.717, 1.165) is 24.7 Å². The molecule has 0 bridgehead atoms. The van der Waals surface area contributed by atoms with Crippen LogP contribution < -0.4 is 10.2 Å². The average Bonchev–Trinajstić information content (AvgIpc) is 3.03. The van der Waals surface area contributed by atoms with E-state index in [0.29, 0.717) is 6.04 Å². The van der Waals surface area contributed by atoms with Crippen molar-refractivity contribution >= 4 is 11.5 Å². The second-order valence-corrected chi connectivity index (χ2v) is 5.79. The fraction of sp³-hybridized carbons (Fsp3) is 0.571. The van der Waals surface area contributed by atoms with E-state index in [1.54, 1.807) is 6.33 Å². The molecule has 4 heterocycles. The number of nitrogens with one attached hydrogen (secondary N) is 1. The minimum Gasteiger partial charge on any atom is -0.355 e. The van der Waals surface area contributed by atoms with Gasteiger partial charge in [-0.2, -0.15) is 9.61 Å². The molecule has 2 aliphatic rings. The van der Waals surface area contributed by atoms with E-state index in [4.69, 9.17) is 0 Å². The van der Waals surface area contributed by atoms with Gasteiger partial charge in [0.05, 0.1) is 0 Å². The number of rotatable bonds is 1.